The highest BCUT2D eigenvalue weighted by atomic mass is 16.5. The van der Waals surface area contributed by atoms with E-state index in [-0.39, 0.29) is 12.5 Å². The van der Waals surface area contributed by atoms with Crippen molar-refractivity contribution in [1.29, 1.82) is 0 Å². The molecule has 1 heterocycles. The second-order valence-corrected chi connectivity index (χ2v) is 3.59. The number of hydrogen-bond acceptors (Lipinski definition) is 4. The summed E-state index contributed by atoms with van der Waals surface area (Å²) in [6.45, 7) is 1.95. The average Bonchev–Trinajstić information content (AvgIpc) is 2.74. The number of benzene rings is 1. The maximum absolute atomic E-state index is 11.6. The van der Waals surface area contributed by atoms with Crippen LogP contribution in [-0.2, 0) is 4.79 Å². The zero-order chi connectivity index (χ0) is 12.1. The fourth-order valence-corrected chi connectivity index (χ4v) is 1.35. The van der Waals surface area contributed by atoms with Crippen LogP contribution in [0, 0.1) is 6.92 Å². The Labute approximate surface area is 98.8 Å². The summed E-state index contributed by atoms with van der Waals surface area (Å²) < 4.78 is 4.87. The van der Waals surface area contributed by atoms with Crippen LogP contribution >= 0.6 is 0 Å². The van der Waals surface area contributed by atoms with Gasteiger partial charge in [-0.3, -0.25) is 4.79 Å². The molecular formula is C12H13N3O2. The Kier molecular flexibility index (Phi) is 3.40. The molecule has 0 bridgehead atoms. The van der Waals surface area contributed by atoms with Crippen molar-refractivity contribution in [1.82, 2.24) is 5.16 Å². The van der Waals surface area contributed by atoms with Gasteiger partial charge in [0.05, 0.1) is 6.54 Å². The first-order chi connectivity index (χ1) is 8.24. The summed E-state index contributed by atoms with van der Waals surface area (Å²) in [5, 5.41) is 9.36. The van der Waals surface area contributed by atoms with Gasteiger partial charge in [-0.25, -0.2) is 0 Å². The molecule has 0 unspecified atom stereocenters. The molecule has 0 saturated heterocycles. The van der Waals surface area contributed by atoms with Crippen LogP contribution in [0.4, 0.5) is 11.5 Å². The number of aryl methyl sites for hydroxylation is 1. The van der Waals surface area contributed by atoms with E-state index in [2.05, 4.69) is 15.8 Å². The molecule has 0 aliphatic rings. The van der Waals surface area contributed by atoms with Crippen LogP contribution in [0.15, 0.2) is 40.9 Å². The van der Waals surface area contributed by atoms with Crippen LogP contribution in [0.5, 0.6) is 0 Å². The number of nitrogens with one attached hydrogen (secondary N) is 2. The van der Waals surface area contributed by atoms with E-state index in [4.69, 9.17) is 4.52 Å². The molecule has 0 saturated carbocycles. The van der Waals surface area contributed by atoms with E-state index >= 15 is 0 Å². The quantitative estimate of drug-likeness (QED) is 0.844. The smallest absolute Gasteiger partial charge is 0.243 e. The van der Waals surface area contributed by atoms with Crippen LogP contribution in [0.1, 0.15) is 5.76 Å². The molecule has 0 aliphatic carbocycles. The van der Waals surface area contributed by atoms with Gasteiger partial charge in [0.25, 0.3) is 0 Å². The number of para-hydroxylation sites is 1. The average molecular weight is 231 g/mol. The number of hydrogen-bond donors (Lipinski definition) is 2. The van der Waals surface area contributed by atoms with Crippen LogP contribution < -0.4 is 10.6 Å². The molecule has 0 aliphatic heterocycles. The maximum atomic E-state index is 11.6. The monoisotopic (exact) mass is 231 g/mol. The van der Waals surface area contributed by atoms with Gasteiger partial charge in [-0.05, 0) is 19.1 Å². The highest BCUT2D eigenvalue weighted by Crippen LogP contribution is 2.07. The van der Waals surface area contributed by atoms with Gasteiger partial charge in [0, 0.05) is 11.8 Å². The number of nitrogens with zero attached hydrogens (tertiary/aromatic N) is 1. The van der Waals surface area contributed by atoms with Gasteiger partial charge in [-0.1, -0.05) is 23.4 Å². The number of aromatic nitrogens is 1. The lowest BCUT2D eigenvalue weighted by Gasteiger charge is -2.04. The Morgan fingerprint density at radius 2 is 2.12 bits per heavy atom. The molecule has 5 heteroatoms. The topological polar surface area (TPSA) is 67.2 Å². The molecule has 2 rings (SSSR count). The van der Waals surface area contributed by atoms with E-state index in [1.54, 1.807) is 13.0 Å². The molecule has 0 fully saturated rings. The van der Waals surface area contributed by atoms with E-state index in [9.17, 15) is 4.79 Å². The Balaban J connectivity index is 1.82. The number of rotatable bonds is 4. The first-order valence-electron chi connectivity index (χ1n) is 5.26. The number of carbonyl (C=O) groups excluding carboxylic acids is 1. The van der Waals surface area contributed by atoms with Crippen molar-refractivity contribution in [2.75, 3.05) is 17.2 Å². The number of amides is 1. The lowest BCUT2D eigenvalue weighted by Crippen LogP contribution is -2.21. The van der Waals surface area contributed by atoms with Gasteiger partial charge < -0.3 is 15.2 Å². The standard InChI is InChI=1S/C12H13N3O2/c1-9-7-11(15-17-9)13-8-12(16)14-10-5-3-2-4-6-10/h2-7H,8H2,1H3,(H,13,15)(H,14,16). The molecule has 17 heavy (non-hydrogen) atoms. The van der Waals surface area contributed by atoms with E-state index in [0.717, 1.165) is 5.69 Å². The van der Waals surface area contributed by atoms with Gasteiger partial charge >= 0.3 is 0 Å². The minimum absolute atomic E-state index is 0.128. The molecule has 88 valence electrons. The van der Waals surface area contributed by atoms with E-state index < -0.39 is 0 Å². The van der Waals surface area contributed by atoms with Crippen molar-refractivity contribution in [3.05, 3.63) is 42.2 Å². The molecule has 2 N–H and O–H groups in total. The second kappa shape index (κ2) is 5.16. The van der Waals surface area contributed by atoms with Crippen LogP contribution in [0.2, 0.25) is 0 Å². The zero-order valence-corrected chi connectivity index (χ0v) is 9.43. The van der Waals surface area contributed by atoms with Crippen molar-refractivity contribution >= 4 is 17.4 Å². The lowest BCUT2D eigenvalue weighted by molar-refractivity contribution is -0.114. The maximum Gasteiger partial charge on any atom is 0.243 e. The van der Waals surface area contributed by atoms with Crippen LogP contribution in [0.25, 0.3) is 0 Å². The summed E-state index contributed by atoms with van der Waals surface area (Å²) >= 11 is 0. The molecule has 0 spiro atoms. The van der Waals surface area contributed by atoms with Crippen LogP contribution in [-0.4, -0.2) is 17.6 Å². The fraction of sp³-hybridized carbons (Fsp3) is 0.167. The van der Waals surface area contributed by atoms with Crippen LogP contribution in [0.3, 0.4) is 0 Å². The highest BCUT2D eigenvalue weighted by molar-refractivity contribution is 5.93. The summed E-state index contributed by atoms with van der Waals surface area (Å²) in [5.41, 5.74) is 0.774. The van der Waals surface area contributed by atoms with Crippen molar-refractivity contribution in [3.8, 4) is 0 Å². The minimum Gasteiger partial charge on any atom is -0.360 e. The van der Waals surface area contributed by atoms with Gasteiger partial charge in [-0.15, -0.1) is 0 Å². The summed E-state index contributed by atoms with van der Waals surface area (Å²) in [7, 11) is 0. The summed E-state index contributed by atoms with van der Waals surface area (Å²) in [6.07, 6.45) is 0. The van der Waals surface area contributed by atoms with Gasteiger partial charge in [0.2, 0.25) is 5.91 Å². The third-order valence-corrected chi connectivity index (χ3v) is 2.12. The second-order valence-electron chi connectivity index (χ2n) is 3.59. The Bertz CT molecular complexity index is 493. The van der Waals surface area contributed by atoms with Gasteiger partial charge in [0.15, 0.2) is 5.82 Å². The summed E-state index contributed by atoms with van der Waals surface area (Å²) in [6, 6.07) is 11.0. The molecular weight excluding hydrogens is 218 g/mol. The Morgan fingerprint density at radius 3 is 2.76 bits per heavy atom. The molecule has 1 aromatic carbocycles. The highest BCUT2D eigenvalue weighted by Gasteiger charge is 2.04. The van der Waals surface area contributed by atoms with E-state index in [0.29, 0.717) is 11.6 Å². The number of anilines is 2. The molecule has 0 atom stereocenters. The Hall–Kier alpha value is -2.30. The van der Waals surface area contributed by atoms with Crippen molar-refractivity contribution in [2.45, 2.75) is 6.92 Å². The lowest BCUT2D eigenvalue weighted by atomic mass is 10.3. The number of carbonyl (C=O) groups is 1. The zero-order valence-electron chi connectivity index (χ0n) is 9.43. The van der Waals surface area contributed by atoms with E-state index in [1.807, 2.05) is 30.3 Å². The largest absolute Gasteiger partial charge is 0.360 e. The molecule has 5 nitrogen and oxygen atoms in total. The Morgan fingerprint density at radius 1 is 1.35 bits per heavy atom. The summed E-state index contributed by atoms with van der Waals surface area (Å²) in [4.78, 5) is 11.6. The normalized spacial score (nSPS) is 9.94. The van der Waals surface area contributed by atoms with Crippen molar-refractivity contribution in [3.63, 3.8) is 0 Å². The first-order valence-corrected chi connectivity index (χ1v) is 5.26. The van der Waals surface area contributed by atoms with Gasteiger partial charge in [0.1, 0.15) is 5.76 Å². The first kappa shape index (κ1) is 11.2. The molecule has 1 aromatic heterocycles. The predicted octanol–water partition coefficient (Wildman–Crippen LogP) is 2.03. The third kappa shape index (κ3) is 3.34. The van der Waals surface area contributed by atoms with Crippen molar-refractivity contribution in [2.24, 2.45) is 0 Å². The molecule has 0 radical (unpaired) electrons. The summed E-state index contributed by atoms with van der Waals surface area (Å²) in [5.74, 6) is 1.14. The molecule has 2 aromatic rings. The van der Waals surface area contributed by atoms with E-state index in [1.165, 1.54) is 0 Å². The van der Waals surface area contributed by atoms with Gasteiger partial charge in [-0.2, -0.15) is 0 Å². The SMILES string of the molecule is Cc1cc(NCC(=O)Nc2ccccc2)no1. The molecule has 1 amide bonds. The van der Waals surface area contributed by atoms with Crippen molar-refractivity contribution < 1.29 is 9.32 Å². The third-order valence-electron chi connectivity index (χ3n) is 2.12. The fourth-order valence-electron chi connectivity index (χ4n) is 1.35. The predicted molar refractivity (Wildman–Crippen MR) is 64.8 cm³/mol. The minimum atomic E-state index is -0.128.